The second kappa shape index (κ2) is 7.09. The lowest BCUT2D eigenvalue weighted by Gasteiger charge is -2.26. The van der Waals surface area contributed by atoms with Crippen molar-refractivity contribution in [3.8, 4) is 0 Å². The number of hydrogen-bond acceptors (Lipinski definition) is 3. The van der Waals surface area contributed by atoms with Gasteiger partial charge in [0.1, 0.15) is 6.04 Å². The number of nitrogens with zero attached hydrogens (tertiary/aromatic N) is 1. The molecule has 0 aromatic heterocycles. The average Bonchev–Trinajstić information content (AvgIpc) is 2.78. The summed E-state index contributed by atoms with van der Waals surface area (Å²) in [6.45, 7) is 1.56. The van der Waals surface area contributed by atoms with Gasteiger partial charge in [-0.25, -0.2) is 0 Å². The summed E-state index contributed by atoms with van der Waals surface area (Å²) >= 11 is 6.76. The summed E-state index contributed by atoms with van der Waals surface area (Å²) in [4.78, 5) is 13.7. The first-order valence-corrected chi connectivity index (χ1v) is 8.86. The highest BCUT2D eigenvalue weighted by molar-refractivity contribution is 7.98. The Morgan fingerprint density at radius 3 is 2.65 bits per heavy atom. The molecule has 0 saturated carbocycles. The molecule has 1 aliphatic heterocycles. The molecule has 0 radical (unpaired) electrons. The molecule has 2 rings (SSSR count). The van der Waals surface area contributed by atoms with Gasteiger partial charge in [-0.1, -0.05) is 18.2 Å². The minimum atomic E-state index is -4.47. The molecule has 1 N–H and O–H groups in total. The van der Waals surface area contributed by atoms with Gasteiger partial charge in [0, 0.05) is 0 Å². The predicted octanol–water partition coefficient (Wildman–Crippen LogP) is 3.60. The zero-order valence-corrected chi connectivity index (χ0v) is 14.3. The third-order valence-corrected chi connectivity index (χ3v) is 4.72. The lowest BCUT2D eigenvalue weighted by Crippen LogP contribution is -2.35. The van der Waals surface area contributed by atoms with Crippen LogP contribution >= 0.6 is 24.0 Å². The number of rotatable bonds is 5. The summed E-state index contributed by atoms with van der Waals surface area (Å²) in [6, 6.07) is 4.04. The van der Waals surface area contributed by atoms with E-state index in [4.69, 9.17) is 12.2 Å². The first kappa shape index (κ1) is 18.1. The lowest BCUT2D eigenvalue weighted by atomic mass is 10.00. The van der Waals surface area contributed by atoms with Gasteiger partial charge >= 0.3 is 6.18 Å². The van der Waals surface area contributed by atoms with Crippen LogP contribution < -0.4 is 5.32 Å². The minimum Gasteiger partial charge on any atom is -0.350 e. The van der Waals surface area contributed by atoms with E-state index >= 15 is 0 Å². The van der Waals surface area contributed by atoms with Crippen LogP contribution in [0.3, 0.4) is 0 Å². The predicted molar refractivity (Wildman–Crippen MR) is 89.2 cm³/mol. The molecule has 1 fully saturated rings. The molecule has 0 aliphatic carbocycles. The van der Waals surface area contributed by atoms with Crippen LogP contribution in [0.25, 0.3) is 0 Å². The molecule has 1 heterocycles. The van der Waals surface area contributed by atoms with Crippen molar-refractivity contribution in [3.05, 3.63) is 35.4 Å². The summed E-state index contributed by atoms with van der Waals surface area (Å²) in [5, 5.41) is 3.10. The van der Waals surface area contributed by atoms with Crippen LogP contribution in [0.2, 0.25) is 0 Å². The van der Waals surface area contributed by atoms with E-state index < -0.39 is 23.8 Å². The van der Waals surface area contributed by atoms with Crippen molar-refractivity contribution in [2.45, 2.75) is 31.6 Å². The number of nitrogens with one attached hydrogen (secondary N) is 1. The summed E-state index contributed by atoms with van der Waals surface area (Å²) in [5.41, 5.74) is -0.696. The minimum absolute atomic E-state index is 0.0445. The topological polar surface area (TPSA) is 32.3 Å². The summed E-state index contributed by atoms with van der Waals surface area (Å²) in [6.07, 6.45) is -1.96. The second-order valence-electron chi connectivity index (χ2n) is 5.25. The van der Waals surface area contributed by atoms with Gasteiger partial charge in [-0.15, -0.1) is 0 Å². The highest BCUT2D eigenvalue weighted by atomic mass is 32.2. The van der Waals surface area contributed by atoms with Crippen LogP contribution in [0.15, 0.2) is 24.3 Å². The third-order valence-electron chi connectivity index (χ3n) is 3.77. The van der Waals surface area contributed by atoms with E-state index in [-0.39, 0.29) is 16.6 Å². The van der Waals surface area contributed by atoms with Gasteiger partial charge in [-0.3, -0.25) is 9.69 Å². The van der Waals surface area contributed by atoms with Crippen molar-refractivity contribution in [2.75, 3.05) is 12.0 Å². The van der Waals surface area contributed by atoms with Crippen LogP contribution in [-0.2, 0) is 11.0 Å². The largest absolute Gasteiger partial charge is 0.416 e. The Balaban J connectivity index is 2.29. The fraction of sp³-hybridized carbons (Fsp3) is 0.467. The molecule has 1 aromatic rings. The number of carbonyl (C=O) groups excluding carboxylic acids is 1. The van der Waals surface area contributed by atoms with Gasteiger partial charge in [0.15, 0.2) is 5.11 Å². The number of alkyl halides is 3. The van der Waals surface area contributed by atoms with Crippen LogP contribution in [0.4, 0.5) is 13.2 Å². The number of amides is 1. The quantitative estimate of drug-likeness (QED) is 0.811. The second-order valence-corrected chi connectivity index (χ2v) is 6.63. The van der Waals surface area contributed by atoms with Crippen molar-refractivity contribution in [2.24, 2.45) is 0 Å². The number of thiocarbonyl (C=S) groups is 1. The maximum Gasteiger partial charge on any atom is 0.416 e. The first-order valence-electron chi connectivity index (χ1n) is 7.06. The van der Waals surface area contributed by atoms with Gasteiger partial charge in [0.25, 0.3) is 5.91 Å². The zero-order chi connectivity index (χ0) is 17.2. The van der Waals surface area contributed by atoms with Gasteiger partial charge in [0.05, 0.1) is 11.6 Å². The molecule has 1 saturated heterocycles. The van der Waals surface area contributed by atoms with Crippen LogP contribution in [0.1, 0.15) is 30.5 Å². The van der Waals surface area contributed by atoms with Gasteiger partial charge in [0.2, 0.25) is 0 Å². The van der Waals surface area contributed by atoms with Crippen molar-refractivity contribution in [1.29, 1.82) is 0 Å². The Morgan fingerprint density at radius 1 is 1.39 bits per heavy atom. The molecule has 3 nitrogen and oxygen atoms in total. The zero-order valence-electron chi connectivity index (χ0n) is 12.7. The Hall–Kier alpha value is -1.28. The van der Waals surface area contributed by atoms with Gasteiger partial charge in [-0.2, -0.15) is 24.9 Å². The molecule has 0 unspecified atom stereocenters. The standard InChI is InChI=1S/C15H17F3N2OS2/c1-9(10-5-3-4-6-11(10)15(16,17)18)20-13(21)12(7-8-23-2)19-14(20)22/h3-6,9,12H,7-8H2,1-2H3,(H,19,22)/t9-,12-/m0/s1. The summed E-state index contributed by atoms with van der Waals surface area (Å²) < 4.78 is 39.5. The fourth-order valence-corrected chi connectivity index (χ4v) is 3.47. The van der Waals surface area contributed by atoms with E-state index in [9.17, 15) is 18.0 Å². The Morgan fingerprint density at radius 2 is 2.04 bits per heavy atom. The maximum atomic E-state index is 13.2. The first-order chi connectivity index (χ1) is 10.8. The maximum absolute atomic E-state index is 13.2. The Kier molecular flexibility index (Phi) is 5.57. The fourth-order valence-electron chi connectivity index (χ4n) is 2.60. The molecule has 0 bridgehead atoms. The van der Waals surface area contributed by atoms with E-state index in [1.165, 1.54) is 23.1 Å². The highest BCUT2D eigenvalue weighted by Gasteiger charge is 2.41. The molecule has 1 amide bonds. The molecule has 1 aromatic carbocycles. The summed E-state index contributed by atoms with van der Waals surface area (Å²) in [5.74, 6) is 0.501. The van der Waals surface area contributed by atoms with E-state index in [2.05, 4.69) is 5.32 Å². The molecular weight excluding hydrogens is 345 g/mol. The molecule has 23 heavy (non-hydrogen) atoms. The molecule has 2 atom stereocenters. The Bertz CT molecular complexity index is 607. The molecule has 0 spiro atoms. The van der Waals surface area contributed by atoms with E-state index in [1.807, 2.05) is 6.26 Å². The van der Waals surface area contributed by atoms with E-state index in [1.54, 1.807) is 18.7 Å². The Labute approximate surface area is 142 Å². The van der Waals surface area contributed by atoms with E-state index in [0.717, 1.165) is 11.8 Å². The average molecular weight is 362 g/mol. The molecule has 8 heteroatoms. The van der Waals surface area contributed by atoms with Crippen LogP contribution in [0, 0.1) is 0 Å². The number of benzene rings is 1. The summed E-state index contributed by atoms with van der Waals surface area (Å²) in [7, 11) is 0. The highest BCUT2D eigenvalue weighted by Crippen LogP contribution is 2.37. The van der Waals surface area contributed by atoms with Crippen LogP contribution in [0.5, 0.6) is 0 Å². The van der Waals surface area contributed by atoms with Crippen molar-refractivity contribution in [3.63, 3.8) is 0 Å². The smallest absolute Gasteiger partial charge is 0.350 e. The number of hydrogen-bond donors (Lipinski definition) is 1. The molecule has 126 valence electrons. The number of carbonyl (C=O) groups is 1. The normalized spacial score (nSPS) is 19.9. The number of halogens is 3. The van der Waals surface area contributed by atoms with Crippen molar-refractivity contribution in [1.82, 2.24) is 10.2 Å². The SMILES string of the molecule is CSCC[C@@H]1NC(=S)N([C@@H](C)c2ccccc2C(F)(F)F)C1=O. The molecular formula is C15H17F3N2OS2. The number of thioether (sulfide) groups is 1. The third kappa shape index (κ3) is 3.80. The monoisotopic (exact) mass is 362 g/mol. The lowest BCUT2D eigenvalue weighted by molar-refractivity contribution is -0.139. The van der Waals surface area contributed by atoms with Gasteiger partial charge in [-0.05, 0) is 49.2 Å². The van der Waals surface area contributed by atoms with Gasteiger partial charge < -0.3 is 5.32 Å². The van der Waals surface area contributed by atoms with E-state index in [0.29, 0.717) is 6.42 Å². The van der Waals surface area contributed by atoms with Crippen molar-refractivity contribution < 1.29 is 18.0 Å². The van der Waals surface area contributed by atoms with Crippen LogP contribution in [-0.4, -0.2) is 34.0 Å². The molecule has 1 aliphatic rings. The van der Waals surface area contributed by atoms with Crippen molar-refractivity contribution >= 4 is 35.0 Å².